The van der Waals surface area contributed by atoms with Gasteiger partial charge in [-0.1, -0.05) is 24.3 Å². The Bertz CT molecular complexity index is 593. The van der Waals surface area contributed by atoms with E-state index < -0.39 is 0 Å². The minimum atomic E-state index is -0.136. The van der Waals surface area contributed by atoms with Crippen LogP contribution in [0.4, 0.5) is 4.79 Å². The zero-order chi connectivity index (χ0) is 15.9. The molecule has 0 aliphatic rings. The molecule has 1 heterocycles. The van der Waals surface area contributed by atoms with Gasteiger partial charge < -0.3 is 15.1 Å². The van der Waals surface area contributed by atoms with Crippen LogP contribution in [-0.4, -0.2) is 12.1 Å². The molecule has 2 aromatic rings. The van der Waals surface area contributed by atoms with Crippen LogP contribution in [0.15, 0.2) is 47.1 Å². The van der Waals surface area contributed by atoms with E-state index in [1.807, 2.05) is 44.2 Å². The molecule has 0 fully saturated rings. The number of amides is 2. The number of hydrogen-bond donors (Lipinski definition) is 2. The Balaban J connectivity index is 1.78. The minimum absolute atomic E-state index is 0.0153. The summed E-state index contributed by atoms with van der Waals surface area (Å²) < 4.78 is 5.30. The lowest BCUT2D eigenvalue weighted by atomic mass is 10.0. The summed E-state index contributed by atoms with van der Waals surface area (Å²) in [5, 5.41) is 5.96. The summed E-state index contributed by atoms with van der Waals surface area (Å²) in [6.07, 6.45) is 3.34. The molecule has 1 aromatic carbocycles. The first-order valence-electron chi connectivity index (χ1n) is 7.71. The van der Waals surface area contributed by atoms with Crippen molar-refractivity contribution in [2.45, 2.75) is 45.7 Å². The maximum Gasteiger partial charge on any atom is 0.315 e. The molecule has 0 saturated carbocycles. The van der Waals surface area contributed by atoms with E-state index in [1.54, 1.807) is 6.26 Å². The van der Waals surface area contributed by atoms with Crippen molar-refractivity contribution in [2.75, 3.05) is 0 Å². The first-order chi connectivity index (χ1) is 10.6. The van der Waals surface area contributed by atoms with Crippen molar-refractivity contribution < 1.29 is 9.21 Å². The van der Waals surface area contributed by atoms with Crippen LogP contribution in [0.3, 0.4) is 0 Å². The minimum Gasteiger partial charge on any atom is -0.469 e. The molecule has 0 radical (unpaired) electrons. The number of carbonyl (C=O) groups excluding carboxylic acids is 1. The Morgan fingerprint density at radius 3 is 2.59 bits per heavy atom. The van der Waals surface area contributed by atoms with Crippen LogP contribution < -0.4 is 10.6 Å². The zero-order valence-corrected chi connectivity index (χ0v) is 13.4. The summed E-state index contributed by atoms with van der Waals surface area (Å²) in [5.41, 5.74) is 2.32. The molecule has 2 amide bonds. The first kappa shape index (κ1) is 16.1. The lowest BCUT2D eigenvalue weighted by molar-refractivity contribution is 0.234. The van der Waals surface area contributed by atoms with Crippen LogP contribution in [0.2, 0.25) is 0 Å². The van der Waals surface area contributed by atoms with Gasteiger partial charge in [0.25, 0.3) is 0 Å². The predicted octanol–water partition coefficient (Wildman–Crippen LogP) is 3.97. The second-order valence-corrected chi connectivity index (χ2v) is 5.72. The van der Waals surface area contributed by atoms with E-state index in [0.717, 1.165) is 24.2 Å². The molecule has 0 aliphatic heterocycles. The third kappa shape index (κ3) is 4.65. The van der Waals surface area contributed by atoms with Crippen LogP contribution in [0.25, 0.3) is 0 Å². The molecule has 1 aromatic heterocycles. The van der Waals surface area contributed by atoms with Gasteiger partial charge in [0.15, 0.2) is 0 Å². The number of hydrogen-bond acceptors (Lipinski definition) is 2. The molecule has 2 N–H and O–H groups in total. The fraction of sp³-hybridized carbons (Fsp3) is 0.389. The molecule has 118 valence electrons. The molecule has 2 atom stereocenters. The van der Waals surface area contributed by atoms with Gasteiger partial charge in [0.1, 0.15) is 5.76 Å². The zero-order valence-electron chi connectivity index (χ0n) is 13.4. The third-order valence-corrected chi connectivity index (χ3v) is 3.78. The van der Waals surface area contributed by atoms with Gasteiger partial charge in [-0.25, -0.2) is 4.79 Å². The van der Waals surface area contributed by atoms with Crippen molar-refractivity contribution in [3.8, 4) is 0 Å². The van der Waals surface area contributed by atoms with Crippen LogP contribution in [0.1, 0.15) is 43.2 Å². The highest BCUT2D eigenvalue weighted by Crippen LogP contribution is 2.16. The SMILES string of the molecule is Cc1ccccc1C(C)NC(=O)NC(C)CCc1ccco1. The molecule has 0 aliphatic carbocycles. The van der Waals surface area contributed by atoms with Crippen LogP contribution in [-0.2, 0) is 6.42 Å². The Labute approximate surface area is 131 Å². The third-order valence-electron chi connectivity index (χ3n) is 3.78. The quantitative estimate of drug-likeness (QED) is 0.848. The summed E-state index contributed by atoms with van der Waals surface area (Å²) in [6, 6.07) is 11.9. The van der Waals surface area contributed by atoms with E-state index in [0.29, 0.717) is 0 Å². The van der Waals surface area contributed by atoms with Crippen LogP contribution >= 0.6 is 0 Å². The first-order valence-corrected chi connectivity index (χ1v) is 7.71. The van der Waals surface area contributed by atoms with Gasteiger partial charge in [0.05, 0.1) is 12.3 Å². The number of furan rings is 1. The second-order valence-electron chi connectivity index (χ2n) is 5.72. The predicted molar refractivity (Wildman–Crippen MR) is 87.8 cm³/mol. The van der Waals surface area contributed by atoms with Crippen LogP contribution in [0.5, 0.6) is 0 Å². The van der Waals surface area contributed by atoms with Crippen molar-refractivity contribution in [2.24, 2.45) is 0 Å². The lowest BCUT2D eigenvalue weighted by Crippen LogP contribution is -2.42. The van der Waals surface area contributed by atoms with Crippen molar-refractivity contribution in [3.05, 3.63) is 59.5 Å². The fourth-order valence-corrected chi connectivity index (χ4v) is 2.50. The molecular weight excluding hydrogens is 276 g/mol. The molecule has 4 heteroatoms. The van der Waals surface area contributed by atoms with E-state index in [-0.39, 0.29) is 18.1 Å². The molecule has 22 heavy (non-hydrogen) atoms. The van der Waals surface area contributed by atoms with Crippen molar-refractivity contribution in [3.63, 3.8) is 0 Å². The van der Waals surface area contributed by atoms with Gasteiger partial charge in [0.2, 0.25) is 0 Å². The molecule has 4 nitrogen and oxygen atoms in total. The average Bonchev–Trinajstić information content (AvgIpc) is 2.98. The largest absolute Gasteiger partial charge is 0.469 e. The molecule has 0 saturated heterocycles. The number of nitrogens with one attached hydrogen (secondary N) is 2. The number of rotatable bonds is 6. The molecular formula is C18H24N2O2. The van der Waals surface area contributed by atoms with Gasteiger partial charge in [-0.2, -0.15) is 0 Å². The van der Waals surface area contributed by atoms with E-state index in [4.69, 9.17) is 4.42 Å². The van der Waals surface area contributed by atoms with Crippen molar-refractivity contribution in [1.29, 1.82) is 0 Å². The Kier molecular flexibility index (Phi) is 5.64. The number of carbonyl (C=O) groups is 1. The maximum atomic E-state index is 12.1. The Morgan fingerprint density at radius 1 is 1.14 bits per heavy atom. The Morgan fingerprint density at radius 2 is 1.91 bits per heavy atom. The van der Waals surface area contributed by atoms with Gasteiger partial charge in [0, 0.05) is 12.5 Å². The molecule has 0 bridgehead atoms. The van der Waals surface area contributed by atoms with E-state index in [2.05, 4.69) is 23.6 Å². The van der Waals surface area contributed by atoms with E-state index >= 15 is 0 Å². The number of aryl methyl sites for hydroxylation is 2. The second kappa shape index (κ2) is 7.69. The molecule has 2 unspecified atom stereocenters. The van der Waals surface area contributed by atoms with Gasteiger partial charge in [-0.05, 0) is 50.5 Å². The van der Waals surface area contributed by atoms with Gasteiger partial charge >= 0.3 is 6.03 Å². The van der Waals surface area contributed by atoms with Gasteiger partial charge in [-0.15, -0.1) is 0 Å². The van der Waals surface area contributed by atoms with Crippen molar-refractivity contribution in [1.82, 2.24) is 10.6 Å². The highest BCUT2D eigenvalue weighted by molar-refractivity contribution is 5.74. The van der Waals surface area contributed by atoms with Crippen molar-refractivity contribution >= 4 is 6.03 Å². The van der Waals surface area contributed by atoms with E-state index in [9.17, 15) is 4.79 Å². The number of benzene rings is 1. The fourth-order valence-electron chi connectivity index (χ4n) is 2.50. The van der Waals surface area contributed by atoms with Gasteiger partial charge in [-0.3, -0.25) is 0 Å². The van der Waals surface area contributed by atoms with E-state index in [1.165, 1.54) is 5.56 Å². The summed E-state index contributed by atoms with van der Waals surface area (Å²) in [6.45, 7) is 6.05. The normalized spacial score (nSPS) is 13.4. The summed E-state index contributed by atoms with van der Waals surface area (Å²) in [4.78, 5) is 12.1. The lowest BCUT2D eigenvalue weighted by Gasteiger charge is -2.19. The maximum absolute atomic E-state index is 12.1. The summed E-state index contributed by atoms with van der Waals surface area (Å²) in [5.74, 6) is 0.947. The summed E-state index contributed by atoms with van der Waals surface area (Å²) in [7, 11) is 0. The molecule has 2 rings (SSSR count). The topological polar surface area (TPSA) is 54.3 Å². The standard InChI is InChI=1S/C18H24N2O2/c1-13-7-4-5-9-17(13)15(3)20-18(21)19-14(2)10-11-16-8-6-12-22-16/h4-9,12,14-15H,10-11H2,1-3H3,(H2,19,20,21). The Hall–Kier alpha value is -2.23. The average molecular weight is 300 g/mol. The number of urea groups is 1. The van der Waals surface area contributed by atoms with Crippen LogP contribution in [0, 0.1) is 6.92 Å². The highest BCUT2D eigenvalue weighted by Gasteiger charge is 2.13. The summed E-state index contributed by atoms with van der Waals surface area (Å²) >= 11 is 0. The highest BCUT2D eigenvalue weighted by atomic mass is 16.3. The smallest absolute Gasteiger partial charge is 0.315 e. The molecule has 0 spiro atoms. The monoisotopic (exact) mass is 300 g/mol.